The zero-order valence-electron chi connectivity index (χ0n) is 23.1. The summed E-state index contributed by atoms with van der Waals surface area (Å²) in [6.45, 7) is 5.35. The Morgan fingerprint density at radius 2 is 2.00 bits per heavy atom. The smallest absolute Gasteiger partial charge is 0.259 e. The number of rotatable bonds is 12. The third-order valence-electron chi connectivity index (χ3n) is 6.76. The van der Waals surface area contributed by atoms with E-state index in [0.717, 1.165) is 19.6 Å². The number of halogens is 1. The van der Waals surface area contributed by atoms with Crippen LogP contribution < -0.4 is 30.9 Å². The molecule has 4 heterocycles. The summed E-state index contributed by atoms with van der Waals surface area (Å²) in [6.07, 6.45) is 1.55. The van der Waals surface area contributed by atoms with Gasteiger partial charge in [-0.3, -0.25) is 9.69 Å². The van der Waals surface area contributed by atoms with Gasteiger partial charge in [0.25, 0.3) is 11.7 Å². The molecule has 1 aromatic carbocycles. The van der Waals surface area contributed by atoms with E-state index in [2.05, 4.69) is 35.6 Å². The first-order chi connectivity index (χ1) is 19.9. The molecule has 0 unspecified atom stereocenters. The molecular weight excluding hydrogens is 533 g/mol. The van der Waals surface area contributed by atoms with Crippen LogP contribution in [-0.2, 0) is 4.79 Å². The van der Waals surface area contributed by atoms with Crippen molar-refractivity contribution in [2.45, 2.75) is 0 Å². The van der Waals surface area contributed by atoms with Crippen molar-refractivity contribution in [1.82, 2.24) is 40.1 Å². The van der Waals surface area contributed by atoms with Crippen LogP contribution in [0.15, 0.2) is 41.0 Å². The number of benzene rings is 1. The van der Waals surface area contributed by atoms with Gasteiger partial charge in [0.2, 0.25) is 17.7 Å². The number of likely N-dealkylation sites (N-methyl/N-ethyl adjacent to an activating group) is 2. The average Bonchev–Trinajstić information content (AvgIpc) is 3.66. The van der Waals surface area contributed by atoms with Crippen LogP contribution in [-0.4, -0.2) is 108 Å². The number of carbonyl (C=O) groups is 1. The van der Waals surface area contributed by atoms with Gasteiger partial charge in [-0.25, -0.2) is 4.39 Å². The SMILES string of the molecule is CNCCNC(=O)COc1ccc(N2CCN(CCN(C)c3nc(N)n4nc(-c5ccco5)nc4n3)CC2)c(F)c1. The molecule has 0 spiro atoms. The number of carbonyl (C=O) groups excluding carboxylic acids is 1. The Balaban J connectivity index is 1.10. The number of ether oxygens (including phenoxy) is 1. The summed E-state index contributed by atoms with van der Waals surface area (Å²) < 4.78 is 27.1. The van der Waals surface area contributed by atoms with Crippen LogP contribution in [0.4, 0.5) is 22.0 Å². The van der Waals surface area contributed by atoms with Crippen molar-refractivity contribution in [2.24, 2.45) is 0 Å². The third kappa shape index (κ3) is 6.81. The molecule has 0 saturated carbocycles. The second-order valence-electron chi connectivity index (χ2n) is 9.61. The molecule has 0 aliphatic carbocycles. The number of nitrogens with one attached hydrogen (secondary N) is 2. The number of aromatic nitrogens is 5. The van der Waals surface area contributed by atoms with Crippen LogP contribution in [0.1, 0.15) is 0 Å². The predicted octanol–water partition coefficient (Wildman–Crippen LogP) is 0.473. The number of fused-ring (bicyclic) bond motifs is 1. The van der Waals surface area contributed by atoms with Gasteiger partial charge in [-0.2, -0.15) is 19.5 Å². The van der Waals surface area contributed by atoms with Crippen LogP contribution in [0.2, 0.25) is 0 Å². The van der Waals surface area contributed by atoms with E-state index in [1.165, 1.54) is 10.6 Å². The molecule has 1 saturated heterocycles. The fraction of sp³-hybridized carbons (Fsp3) is 0.423. The fourth-order valence-electron chi connectivity index (χ4n) is 4.44. The first-order valence-corrected chi connectivity index (χ1v) is 13.4. The lowest BCUT2D eigenvalue weighted by Gasteiger charge is -2.36. The normalized spacial score (nSPS) is 14.0. The Hall–Kier alpha value is -4.50. The van der Waals surface area contributed by atoms with E-state index >= 15 is 0 Å². The van der Waals surface area contributed by atoms with E-state index < -0.39 is 0 Å². The number of amides is 1. The minimum atomic E-state index is -0.375. The maximum Gasteiger partial charge on any atom is 0.259 e. The summed E-state index contributed by atoms with van der Waals surface area (Å²) in [5.41, 5.74) is 6.64. The molecule has 0 atom stereocenters. The summed E-state index contributed by atoms with van der Waals surface area (Å²) in [4.78, 5) is 31.4. The van der Waals surface area contributed by atoms with E-state index in [9.17, 15) is 9.18 Å². The van der Waals surface area contributed by atoms with Gasteiger partial charge in [0.15, 0.2) is 12.4 Å². The topological polar surface area (TPSA) is 155 Å². The lowest BCUT2D eigenvalue weighted by molar-refractivity contribution is -0.123. The summed E-state index contributed by atoms with van der Waals surface area (Å²) in [5.74, 6) is 1.57. The molecule has 218 valence electrons. The fourth-order valence-corrected chi connectivity index (χ4v) is 4.44. The quantitative estimate of drug-likeness (QED) is 0.204. The van der Waals surface area contributed by atoms with Gasteiger partial charge < -0.3 is 35.3 Å². The number of piperazine rings is 1. The minimum Gasteiger partial charge on any atom is -0.484 e. The summed E-state index contributed by atoms with van der Waals surface area (Å²) in [7, 11) is 3.70. The Morgan fingerprint density at radius 3 is 2.73 bits per heavy atom. The lowest BCUT2D eigenvalue weighted by Crippen LogP contribution is -2.48. The Bertz CT molecular complexity index is 1450. The van der Waals surface area contributed by atoms with E-state index in [1.807, 2.05) is 16.8 Å². The van der Waals surface area contributed by atoms with E-state index in [-0.39, 0.29) is 24.3 Å². The molecule has 0 radical (unpaired) electrons. The Morgan fingerprint density at radius 1 is 1.17 bits per heavy atom. The highest BCUT2D eigenvalue weighted by atomic mass is 19.1. The van der Waals surface area contributed by atoms with Gasteiger partial charge >= 0.3 is 0 Å². The first kappa shape index (κ1) is 28.0. The zero-order valence-corrected chi connectivity index (χ0v) is 23.1. The third-order valence-corrected chi connectivity index (χ3v) is 6.76. The monoisotopic (exact) mass is 567 g/mol. The molecule has 4 aromatic rings. The molecule has 41 heavy (non-hydrogen) atoms. The highest BCUT2D eigenvalue weighted by molar-refractivity contribution is 5.77. The second kappa shape index (κ2) is 12.8. The molecule has 3 aromatic heterocycles. The van der Waals surface area contributed by atoms with Crippen LogP contribution >= 0.6 is 0 Å². The van der Waals surface area contributed by atoms with E-state index in [4.69, 9.17) is 14.9 Å². The predicted molar refractivity (Wildman–Crippen MR) is 151 cm³/mol. The summed E-state index contributed by atoms with van der Waals surface area (Å²) >= 11 is 0. The van der Waals surface area contributed by atoms with Crippen molar-refractivity contribution in [1.29, 1.82) is 0 Å². The van der Waals surface area contributed by atoms with Crippen LogP contribution in [0.3, 0.4) is 0 Å². The molecule has 1 aliphatic rings. The van der Waals surface area contributed by atoms with E-state index in [0.29, 0.717) is 67.5 Å². The van der Waals surface area contributed by atoms with Gasteiger partial charge in [0, 0.05) is 65.5 Å². The van der Waals surface area contributed by atoms with Crippen molar-refractivity contribution >= 4 is 29.3 Å². The molecule has 15 heteroatoms. The van der Waals surface area contributed by atoms with Gasteiger partial charge in [-0.15, -0.1) is 5.10 Å². The lowest BCUT2D eigenvalue weighted by atomic mass is 10.2. The largest absolute Gasteiger partial charge is 0.484 e. The molecule has 0 bridgehead atoms. The van der Waals surface area contributed by atoms with Gasteiger partial charge in [0.05, 0.1) is 12.0 Å². The summed E-state index contributed by atoms with van der Waals surface area (Å²) in [5, 5.41) is 9.99. The minimum absolute atomic E-state index is 0.161. The summed E-state index contributed by atoms with van der Waals surface area (Å²) in [6, 6.07) is 8.24. The van der Waals surface area contributed by atoms with Crippen molar-refractivity contribution in [3.8, 4) is 17.3 Å². The number of hydrogen-bond acceptors (Lipinski definition) is 12. The van der Waals surface area contributed by atoms with Crippen molar-refractivity contribution in [2.75, 3.05) is 88.6 Å². The van der Waals surface area contributed by atoms with Gasteiger partial charge in [0.1, 0.15) is 11.6 Å². The molecule has 1 fully saturated rings. The first-order valence-electron chi connectivity index (χ1n) is 13.4. The Labute approximate surface area is 236 Å². The molecule has 1 amide bonds. The molecule has 14 nitrogen and oxygen atoms in total. The van der Waals surface area contributed by atoms with Gasteiger partial charge in [-0.1, -0.05) is 0 Å². The van der Waals surface area contributed by atoms with Crippen molar-refractivity contribution < 1.29 is 18.3 Å². The number of furan rings is 1. The highest BCUT2D eigenvalue weighted by Gasteiger charge is 2.21. The van der Waals surface area contributed by atoms with E-state index in [1.54, 1.807) is 37.6 Å². The van der Waals surface area contributed by atoms with Crippen LogP contribution in [0.5, 0.6) is 5.75 Å². The molecule has 4 N–H and O–H groups in total. The number of anilines is 3. The van der Waals surface area contributed by atoms with Crippen molar-refractivity contribution in [3.05, 3.63) is 42.4 Å². The number of hydrogen-bond donors (Lipinski definition) is 3. The van der Waals surface area contributed by atoms with Crippen LogP contribution in [0, 0.1) is 5.82 Å². The second-order valence-corrected chi connectivity index (χ2v) is 9.61. The van der Waals surface area contributed by atoms with Crippen LogP contribution in [0.25, 0.3) is 17.4 Å². The maximum atomic E-state index is 14.9. The standard InChI is InChI=1S/C26H34FN11O3/c1-29-7-8-30-22(39)17-41-18-5-6-20(19(27)16-18)37-13-11-36(12-14-37)10-9-35(2)25-32-24(28)38-26(33-25)31-23(34-38)21-4-3-15-40-21/h3-6,15-16,29H,7-14,17H2,1-2H3,(H,30,39)(H2,28,31,32,33,34). The maximum absolute atomic E-state index is 14.9. The highest BCUT2D eigenvalue weighted by Crippen LogP contribution is 2.25. The zero-order chi connectivity index (χ0) is 28.8. The molecular formula is C26H34FN11O3. The molecule has 5 rings (SSSR count). The number of nitrogens with zero attached hydrogens (tertiary/aromatic N) is 8. The number of nitrogens with two attached hydrogens (primary N) is 1. The average molecular weight is 568 g/mol. The Kier molecular flexibility index (Phi) is 8.74. The number of nitrogen functional groups attached to an aromatic ring is 1. The molecule has 1 aliphatic heterocycles. The van der Waals surface area contributed by atoms with Crippen molar-refractivity contribution in [3.63, 3.8) is 0 Å². The van der Waals surface area contributed by atoms with Gasteiger partial charge in [-0.05, 0) is 31.3 Å².